The van der Waals surface area contributed by atoms with E-state index in [0.29, 0.717) is 0 Å². The first kappa shape index (κ1) is 9.84. The molecule has 0 spiro atoms. The molecule has 0 aromatic rings. The monoisotopic (exact) mass is 154 g/mol. The van der Waals surface area contributed by atoms with Gasteiger partial charge in [-0.25, -0.2) is 15.4 Å². The van der Waals surface area contributed by atoms with Crippen LogP contribution in [-0.2, 0) is 0 Å². The molecule has 0 bridgehead atoms. The summed E-state index contributed by atoms with van der Waals surface area (Å²) in [6.07, 6.45) is 5.03. The molecule has 0 aromatic carbocycles. The molecule has 62 valence electrons. The molecule has 0 fully saturated rings. The van der Waals surface area contributed by atoms with Gasteiger partial charge in [0.2, 0.25) is 0 Å². The largest absolute Gasteiger partial charge is 0.327 e. The third-order valence-corrected chi connectivity index (χ3v) is 0.880. The minimum absolute atomic E-state index is 0.738. The maximum atomic E-state index is 3.99. The van der Waals surface area contributed by atoms with Crippen molar-refractivity contribution >= 4 is 12.1 Å². The molecule has 0 aromatic heterocycles. The molecule has 4 heteroatoms. The standard InChI is InChI=1S/C7H14N4/c1-4-9-7(2)10-5-6-11-8-3/h4-6,8,11H,1-3H3/b6-5-,9-4-,10-7+. The second-order valence-electron chi connectivity index (χ2n) is 1.77. The van der Waals surface area contributed by atoms with E-state index >= 15 is 0 Å². The summed E-state index contributed by atoms with van der Waals surface area (Å²) in [4.78, 5) is 7.93. The van der Waals surface area contributed by atoms with Crippen molar-refractivity contribution in [3.05, 3.63) is 12.4 Å². The van der Waals surface area contributed by atoms with E-state index in [2.05, 4.69) is 20.8 Å². The Morgan fingerprint density at radius 3 is 2.73 bits per heavy atom. The van der Waals surface area contributed by atoms with Crippen LogP contribution in [0.1, 0.15) is 13.8 Å². The Hall–Kier alpha value is -1.16. The molecule has 0 aliphatic heterocycles. The average Bonchev–Trinajstić information content (AvgIpc) is 1.99. The van der Waals surface area contributed by atoms with E-state index in [9.17, 15) is 0 Å². The fraction of sp³-hybridized carbons (Fsp3) is 0.429. The number of hydrazine groups is 1. The van der Waals surface area contributed by atoms with Gasteiger partial charge < -0.3 is 5.43 Å². The van der Waals surface area contributed by atoms with Gasteiger partial charge in [-0.2, -0.15) is 0 Å². The number of amidine groups is 1. The van der Waals surface area contributed by atoms with E-state index < -0.39 is 0 Å². The van der Waals surface area contributed by atoms with Crippen LogP contribution in [0.5, 0.6) is 0 Å². The molecule has 0 saturated heterocycles. The molecule has 2 N–H and O–H groups in total. The van der Waals surface area contributed by atoms with E-state index in [-0.39, 0.29) is 0 Å². The molecular weight excluding hydrogens is 140 g/mol. The normalized spacial score (nSPS) is 13.2. The lowest BCUT2D eigenvalue weighted by molar-refractivity contribution is 0.729. The van der Waals surface area contributed by atoms with Gasteiger partial charge in [0.25, 0.3) is 0 Å². The Bertz CT molecular complexity index is 169. The molecule has 4 nitrogen and oxygen atoms in total. The number of aliphatic imine (C=N–C) groups is 2. The van der Waals surface area contributed by atoms with Crippen molar-refractivity contribution in [2.45, 2.75) is 13.8 Å². The highest BCUT2D eigenvalue weighted by Crippen LogP contribution is 1.79. The van der Waals surface area contributed by atoms with Crippen molar-refractivity contribution in [2.24, 2.45) is 9.98 Å². The lowest BCUT2D eigenvalue weighted by atomic mass is 10.7. The van der Waals surface area contributed by atoms with Crippen molar-refractivity contribution in [3.63, 3.8) is 0 Å². The molecule has 11 heavy (non-hydrogen) atoms. The summed E-state index contributed by atoms with van der Waals surface area (Å²) in [7, 11) is 1.78. The van der Waals surface area contributed by atoms with E-state index in [1.165, 1.54) is 0 Å². The summed E-state index contributed by atoms with van der Waals surface area (Å²) in [5, 5.41) is 0. The third-order valence-electron chi connectivity index (χ3n) is 0.880. The van der Waals surface area contributed by atoms with E-state index in [0.717, 1.165) is 5.84 Å². The van der Waals surface area contributed by atoms with Crippen LogP contribution in [0.4, 0.5) is 0 Å². The first-order chi connectivity index (χ1) is 5.31. The Kier molecular flexibility index (Phi) is 6.22. The summed E-state index contributed by atoms with van der Waals surface area (Å²) in [5.74, 6) is 0.738. The van der Waals surface area contributed by atoms with E-state index in [1.54, 1.807) is 25.7 Å². The van der Waals surface area contributed by atoms with Gasteiger partial charge in [0.15, 0.2) is 0 Å². The van der Waals surface area contributed by atoms with Gasteiger partial charge in [-0.15, -0.1) is 0 Å². The van der Waals surface area contributed by atoms with E-state index in [1.807, 2.05) is 13.8 Å². The molecule has 0 atom stereocenters. The summed E-state index contributed by atoms with van der Waals surface area (Å²) in [5.41, 5.74) is 5.49. The van der Waals surface area contributed by atoms with Gasteiger partial charge in [0, 0.05) is 25.7 Å². The van der Waals surface area contributed by atoms with Crippen LogP contribution in [0, 0.1) is 0 Å². The Balaban J connectivity index is 3.71. The second-order valence-corrected chi connectivity index (χ2v) is 1.77. The summed E-state index contributed by atoms with van der Waals surface area (Å²) in [6, 6.07) is 0. The van der Waals surface area contributed by atoms with Gasteiger partial charge in [0.1, 0.15) is 5.84 Å². The van der Waals surface area contributed by atoms with Crippen LogP contribution in [0.15, 0.2) is 22.4 Å². The van der Waals surface area contributed by atoms with Gasteiger partial charge in [-0.1, -0.05) is 0 Å². The van der Waals surface area contributed by atoms with Gasteiger partial charge in [0.05, 0.1) is 0 Å². The quantitative estimate of drug-likeness (QED) is 0.357. The van der Waals surface area contributed by atoms with Crippen molar-refractivity contribution in [1.82, 2.24) is 10.9 Å². The molecule has 0 saturated carbocycles. The highest BCUT2D eigenvalue weighted by Gasteiger charge is 1.76. The lowest BCUT2D eigenvalue weighted by Crippen LogP contribution is -2.20. The lowest BCUT2D eigenvalue weighted by Gasteiger charge is -1.91. The van der Waals surface area contributed by atoms with Crippen molar-refractivity contribution in [1.29, 1.82) is 0 Å². The molecule has 0 aliphatic carbocycles. The number of rotatable bonds is 3. The SMILES string of the molecule is C\C=N/C(C)=N/C=C\NNC. The highest BCUT2D eigenvalue weighted by atomic mass is 15.3. The van der Waals surface area contributed by atoms with Crippen molar-refractivity contribution in [2.75, 3.05) is 7.05 Å². The maximum Gasteiger partial charge on any atom is 0.124 e. The van der Waals surface area contributed by atoms with Crippen LogP contribution in [-0.4, -0.2) is 19.1 Å². The summed E-state index contributed by atoms with van der Waals surface area (Å²) in [6.45, 7) is 3.69. The number of hydrogen-bond acceptors (Lipinski definition) is 3. The molecule has 0 radical (unpaired) electrons. The molecular formula is C7H14N4. The zero-order chi connectivity index (χ0) is 8.53. The molecule has 0 rings (SSSR count). The van der Waals surface area contributed by atoms with Crippen LogP contribution in [0.2, 0.25) is 0 Å². The molecule has 0 amide bonds. The zero-order valence-corrected chi connectivity index (χ0v) is 7.13. The van der Waals surface area contributed by atoms with Gasteiger partial charge in [-0.3, -0.25) is 0 Å². The Labute approximate surface area is 67.1 Å². The first-order valence-corrected chi connectivity index (χ1v) is 3.41. The highest BCUT2D eigenvalue weighted by molar-refractivity contribution is 5.87. The second kappa shape index (κ2) is 6.95. The van der Waals surface area contributed by atoms with Gasteiger partial charge >= 0.3 is 0 Å². The maximum absolute atomic E-state index is 3.99. The Morgan fingerprint density at radius 1 is 1.45 bits per heavy atom. The number of nitrogens with zero attached hydrogens (tertiary/aromatic N) is 2. The Morgan fingerprint density at radius 2 is 2.18 bits per heavy atom. The van der Waals surface area contributed by atoms with Crippen molar-refractivity contribution < 1.29 is 0 Å². The third kappa shape index (κ3) is 6.73. The topological polar surface area (TPSA) is 48.8 Å². The fourth-order valence-electron chi connectivity index (χ4n) is 0.486. The summed E-state index contributed by atoms with van der Waals surface area (Å²) >= 11 is 0. The number of nitrogens with one attached hydrogen (secondary N) is 2. The minimum Gasteiger partial charge on any atom is -0.327 e. The zero-order valence-electron chi connectivity index (χ0n) is 7.13. The summed E-state index contributed by atoms with van der Waals surface area (Å²) < 4.78 is 0. The molecule has 0 unspecified atom stereocenters. The van der Waals surface area contributed by atoms with Crippen LogP contribution < -0.4 is 10.9 Å². The van der Waals surface area contributed by atoms with Gasteiger partial charge in [-0.05, 0) is 13.8 Å². The molecule has 0 heterocycles. The van der Waals surface area contributed by atoms with Crippen LogP contribution in [0.3, 0.4) is 0 Å². The predicted octanol–water partition coefficient (Wildman–Crippen LogP) is 0.691. The minimum atomic E-state index is 0.738. The average molecular weight is 154 g/mol. The van der Waals surface area contributed by atoms with Crippen molar-refractivity contribution in [3.8, 4) is 0 Å². The first-order valence-electron chi connectivity index (χ1n) is 3.41. The van der Waals surface area contributed by atoms with Crippen LogP contribution >= 0.6 is 0 Å². The smallest absolute Gasteiger partial charge is 0.124 e. The predicted molar refractivity (Wildman–Crippen MR) is 48.6 cm³/mol. The number of hydrogen-bond donors (Lipinski definition) is 2. The fourth-order valence-corrected chi connectivity index (χ4v) is 0.486. The van der Waals surface area contributed by atoms with E-state index in [4.69, 9.17) is 0 Å². The van der Waals surface area contributed by atoms with Crippen LogP contribution in [0.25, 0.3) is 0 Å². The molecule has 0 aliphatic rings.